The number of allylic oxidation sites excluding steroid dienone is 1. The van der Waals surface area contributed by atoms with Crippen molar-refractivity contribution in [3.63, 3.8) is 0 Å². The molecule has 5 nitrogen and oxygen atoms in total. The van der Waals surface area contributed by atoms with E-state index >= 15 is 0 Å². The SMILES string of the molecule is C1=Cc2cc(-c3nc(-c4ccc(-c5ccccc5)cc4)nc(-c4c(-c5cccc6oc7cc8ccccc8cc7c56)ccc5oc6ccccc6c45)n3)ccc2CC1. The Morgan fingerprint density at radius 2 is 1.09 bits per heavy atom. The number of nitrogens with zero attached hydrogens (tertiary/aromatic N) is 3. The van der Waals surface area contributed by atoms with E-state index < -0.39 is 0 Å². The number of fused-ring (bicyclic) bond motifs is 8. The third-order valence-electron chi connectivity index (χ3n) is 11.6. The van der Waals surface area contributed by atoms with E-state index in [1.807, 2.05) is 18.2 Å². The van der Waals surface area contributed by atoms with Gasteiger partial charge in [0.25, 0.3) is 0 Å². The molecule has 0 amide bonds. The maximum Gasteiger partial charge on any atom is 0.165 e. The highest BCUT2D eigenvalue weighted by Crippen LogP contribution is 2.46. The van der Waals surface area contributed by atoms with E-state index in [1.54, 1.807) is 0 Å². The van der Waals surface area contributed by atoms with E-state index in [1.165, 1.54) is 11.1 Å². The molecule has 0 atom stereocenters. The van der Waals surface area contributed by atoms with Gasteiger partial charge in [0.15, 0.2) is 17.5 Å². The molecule has 3 aromatic heterocycles. The molecule has 12 rings (SSSR count). The second kappa shape index (κ2) is 13.0. The summed E-state index contributed by atoms with van der Waals surface area (Å²) in [5.41, 5.74) is 12.8. The van der Waals surface area contributed by atoms with Gasteiger partial charge in [-0.15, -0.1) is 0 Å². The average Bonchev–Trinajstić information content (AvgIpc) is 3.86. The number of furan rings is 2. The highest BCUT2D eigenvalue weighted by molar-refractivity contribution is 6.20. The van der Waals surface area contributed by atoms with Gasteiger partial charge >= 0.3 is 0 Å². The van der Waals surface area contributed by atoms with Crippen molar-refractivity contribution in [3.8, 4) is 56.4 Å². The minimum Gasteiger partial charge on any atom is -0.456 e. The first kappa shape index (κ1) is 32.6. The first-order valence-electron chi connectivity index (χ1n) is 19.7. The molecule has 1 aliphatic carbocycles. The van der Waals surface area contributed by atoms with Crippen molar-refractivity contribution in [2.24, 2.45) is 0 Å². The van der Waals surface area contributed by atoms with Crippen LogP contribution in [0.3, 0.4) is 0 Å². The molecule has 11 aromatic rings. The van der Waals surface area contributed by atoms with Gasteiger partial charge in [0.05, 0.1) is 0 Å². The summed E-state index contributed by atoms with van der Waals surface area (Å²) in [6, 6.07) is 57.1. The summed E-state index contributed by atoms with van der Waals surface area (Å²) < 4.78 is 13.1. The minimum absolute atomic E-state index is 0.572. The van der Waals surface area contributed by atoms with Crippen LogP contribution in [0.4, 0.5) is 0 Å². The van der Waals surface area contributed by atoms with Crippen LogP contribution in [0.15, 0.2) is 179 Å². The summed E-state index contributed by atoms with van der Waals surface area (Å²) in [7, 11) is 0. The zero-order valence-corrected chi connectivity index (χ0v) is 31.3. The predicted molar refractivity (Wildman–Crippen MR) is 236 cm³/mol. The number of aryl methyl sites for hydroxylation is 1. The fraction of sp³-hybridized carbons (Fsp3) is 0.0377. The van der Waals surface area contributed by atoms with E-state index in [4.69, 9.17) is 23.8 Å². The fourth-order valence-corrected chi connectivity index (χ4v) is 8.76. The van der Waals surface area contributed by atoms with Crippen LogP contribution in [-0.2, 0) is 6.42 Å². The topological polar surface area (TPSA) is 65.0 Å². The molecule has 0 radical (unpaired) electrons. The Bertz CT molecular complexity index is 3450. The Kier molecular flexibility index (Phi) is 7.29. The Labute approximate surface area is 333 Å². The van der Waals surface area contributed by atoms with Crippen molar-refractivity contribution in [1.29, 1.82) is 0 Å². The summed E-state index contributed by atoms with van der Waals surface area (Å²) in [6.07, 6.45) is 6.52. The smallest absolute Gasteiger partial charge is 0.165 e. The lowest BCUT2D eigenvalue weighted by atomic mass is 9.91. The summed E-state index contributed by atoms with van der Waals surface area (Å²) in [4.78, 5) is 16.0. The number of hydrogen-bond acceptors (Lipinski definition) is 5. The van der Waals surface area contributed by atoms with Crippen LogP contribution >= 0.6 is 0 Å². The molecule has 58 heavy (non-hydrogen) atoms. The number of aromatic nitrogens is 3. The lowest BCUT2D eigenvalue weighted by molar-refractivity contribution is 0.669. The van der Waals surface area contributed by atoms with Gasteiger partial charge in [-0.2, -0.15) is 0 Å². The Hall–Kier alpha value is -7.63. The van der Waals surface area contributed by atoms with Crippen molar-refractivity contribution in [2.45, 2.75) is 12.8 Å². The van der Waals surface area contributed by atoms with Crippen LogP contribution in [0.5, 0.6) is 0 Å². The van der Waals surface area contributed by atoms with Crippen molar-refractivity contribution >= 4 is 60.7 Å². The van der Waals surface area contributed by atoms with Gasteiger partial charge in [-0.3, -0.25) is 0 Å². The van der Waals surface area contributed by atoms with Crippen molar-refractivity contribution in [1.82, 2.24) is 15.0 Å². The van der Waals surface area contributed by atoms with Crippen LogP contribution in [0.2, 0.25) is 0 Å². The van der Waals surface area contributed by atoms with Gasteiger partial charge in [0, 0.05) is 38.2 Å². The average molecular weight is 744 g/mol. The summed E-state index contributed by atoms with van der Waals surface area (Å²) in [5, 5.41) is 6.36. The fourth-order valence-electron chi connectivity index (χ4n) is 8.76. The van der Waals surface area contributed by atoms with Crippen LogP contribution < -0.4 is 0 Å². The van der Waals surface area contributed by atoms with Gasteiger partial charge in [0.2, 0.25) is 0 Å². The van der Waals surface area contributed by atoms with Gasteiger partial charge in [0.1, 0.15) is 22.3 Å². The molecule has 8 aromatic carbocycles. The standard InChI is InChI=1S/C53H33N3O2/c1-2-11-32(12-3-1)34-21-24-35(25-22-34)51-54-52(39-26-23-33-13-4-5-14-36(33)29-39)56-53(55-51)50-41(27-28-46-49(50)42-17-8-9-19-44(42)57-46)40-18-10-20-45-48(40)43-30-37-15-6-7-16-38(37)31-47(43)58-45/h1-3,5-12,14-31H,4,13H2. The van der Waals surface area contributed by atoms with Crippen molar-refractivity contribution < 1.29 is 8.83 Å². The maximum atomic E-state index is 6.59. The van der Waals surface area contributed by atoms with Gasteiger partial charge < -0.3 is 8.83 Å². The second-order valence-electron chi connectivity index (χ2n) is 15.0. The third-order valence-corrected chi connectivity index (χ3v) is 11.6. The molecule has 0 saturated carbocycles. The van der Waals surface area contributed by atoms with E-state index in [0.717, 1.165) is 106 Å². The zero-order valence-electron chi connectivity index (χ0n) is 31.3. The Morgan fingerprint density at radius 3 is 1.97 bits per heavy atom. The quantitative estimate of drug-likeness (QED) is 0.176. The normalized spacial score (nSPS) is 12.6. The van der Waals surface area contributed by atoms with Gasteiger partial charge in [-0.1, -0.05) is 133 Å². The molecule has 0 aliphatic heterocycles. The van der Waals surface area contributed by atoms with E-state index in [0.29, 0.717) is 17.5 Å². The molecule has 1 aliphatic rings. The number of hydrogen-bond donors (Lipinski definition) is 0. The Balaban J connectivity index is 1.15. The number of para-hydroxylation sites is 1. The Morgan fingerprint density at radius 1 is 0.414 bits per heavy atom. The lowest BCUT2D eigenvalue weighted by Crippen LogP contribution is -2.02. The minimum atomic E-state index is 0.572. The molecular formula is C53H33N3O2. The van der Waals surface area contributed by atoms with Gasteiger partial charge in [-0.25, -0.2) is 15.0 Å². The molecule has 0 unspecified atom stereocenters. The van der Waals surface area contributed by atoms with E-state index in [2.05, 4.69) is 158 Å². The number of benzene rings is 8. The second-order valence-corrected chi connectivity index (χ2v) is 15.0. The molecular weight excluding hydrogens is 711 g/mol. The first-order chi connectivity index (χ1) is 28.7. The molecule has 272 valence electrons. The van der Waals surface area contributed by atoms with Crippen LogP contribution in [0, 0.1) is 0 Å². The molecule has 0 saturated heterocycles. The van der Waals surface area contributed by atoms with Gasteiger partial charge in [-0.05, 0) is 99.5 Å². The molecule has 0 fully saturated rings. The van der Waals surface area contributed by atoms with Crippen LogP contribution in [0.1, 0.15) is 17.5 Å². The highest BCUT2D eigenvalue weighted by Gasteiger charge is 2.24. The zero-order chi connectivity index (χ0) is 38.2. The van der Waals surface area contributed by atoms with Crippen molar-refractivity contribution in [2.75, 3.05) is 0 Å². The van der Waals surface area contributed by atoms with E-state index in [9.17, 15) is 0 Å². The first-order valence-corrected chi connectivity index (χ1v) is 19.7. The van der Waals surface area contributed by atoms with Crippen LogP contribution in [0.25, 0.3) is 117 Å². The molecule has 0 spiro atoms. The largest absolute Gasteiger partial charge is 0.456 e. The lowest BCUT2D eigenvalue weighted by Gasteiger charge is -2.15. The van der Waals surface area contributed by atoms with Crippen LogP contribution in [-0.4, -0.2) is 15.0 Å². The summed E-state index contributed by atoms with van der Waals surface area (Å²) in [5.74, 6) is 1.79. The molecule has 3 heterocycles. The number of rotatable bonds is 5. The molecule has 0 N–H and O–H groups in total. The summed E-state index contributed by atoms with van der Waals surface area (Å²) >= 11 is 0. The van der Waals surface area contributed by atoms with Crippen molar-refractivity contribution in [3.05, 3.63) is 181 Å². The summed E-state index contributed by atoms with van der Waals surface area (Å²) in [6.45, 7) is 0. The third kappa shape index (κ3) is 5.28. The van der Waals surface area contributed by atoms with E-state index in [-0.39, 0.29) is 0 Å². The monoisotopic (exact) mass is 743 g/mol. The predicted octanol–water partition coefficient (Wildman–Crippen LogP) is 14.1. The highest BCUT2D eigenvalue weighted by atomic mass is 16.3. The maximum absolute atomic E-state index is 6.59. The molecule has 0 bridgehead atoms. The molecule has 5 heteroatoms.